The third kappa shape index (κ3) is 3.33. The van der Waals surface area contributed by atoms with E-state index in [2.05, 4.69) is 0 Å². The summed E-state index contributed by atoms with van der Waals surface area (Å²) in [4.78, 5) is 15.5. The molecule has 0 bridgehead atoms. The molecule has 3 rings (SSSR count). The number of benzene rings is 1. The molecule has 0 spiro atoms. The number of carbonyl (C=O) groups is 1. The van der Waals surface area contributed by atoms with Gasteiger partial charge in [0, 0.05) is 12.6 Å². The van der Waals surface area contributed by atoms with Crippen LogP contribution in [0, 0.1) is 0 Å². The summed E-state index contributed by atoms with van der Waals surface area (Å²) in [5.41, 5.74) is 0.960. The molecule has 5 nitrogen and oxygen atoms in total. The predicted octanol–water partition coefficient (Wildman–Crippen LogP) is 3.58. The van der Waals surface area contributed by atoms with Crippen LogP contribution in [0.5, 0.6) is 17.2 Å². The summed E-state index contributed by atoms with van der Waals surface area (Å²) >= 11 is 1.48. The van der Waals surface area contributed by atoms with Gasteiger partial charge in [0.05, 0.1) is 26.2 Å². The van der Waals surface area contributed by atoms with Gasteiger partial charge in [-0.25, -0.2) is 0 Å². The number of thiophene rings is 1. The maximum Gasteiger partial charge on any atom is 0.264 e. The minimum absolute atomic E-state index is 0.0845. The van der Waals surface area contributed by atoms with E-state index in [9.17, 15) is 4.79 Å². The lowest BCUT2D eigenvalue weighted by atomic mass is 10.1. The average molecular weight is 347 g/mol. The highest BCUT2D eigenvalue weighted by molar-refractivity contribution is 7.12. The summed E-state index contributed by atoms with van der Waals surface area (Å²) in [5.74, 6) is 1.85. The second-order valence-electron chi connectivity index (χ2n) is 5.68. The molecule has 0 N–H and O–H groups in total. The lowest BCUT2D eigenvalue weighted by Crippen LogP contribution is -2.32. The summed E-state index contributed by atoms with van der Waals surface area (Å²) in [7, 11) is 4.77. The van der Waals surface area contributed by atoms with Gasteiger partial charge in [-0.15, -0.1) is 11.3 Å². The minimum atomic E-state index is 0.0845. The molecule has 128 valence electrons. The lowest BCUT2D eigenvalue weighted by Gasteiger charge is -2.23. The van der Waals surface area contributed by atoms with Crippen molar-refractivity contribution in [2.75, 3.05) is 21.3 Å². The Morgan fingerprint density at radius 3 is 2.29 bits per heavy atom. The first-order chi connectivity index (χ1) is 11.7. The van der Waals surface area contributed by atoms with Gasteiger partial charge in [-0.3, -0.25) is 4.79 Å². The number of ether oxygens (including phenoxy) is 3. The average Bonchev–Trinajstić information content (AvgIpc) is 3.30. The van der Waals surface area contributed by atoms with Crippen LogP contribution in [0.2, 0.25) is 0 Å². The Kier molecular flexibility index (Phi) is 4.94. The number of nitrogens with zero attached hydrogens (tertiary/aromatic N) is 1. The number of carbonyl (C=O) groups excluding carboxylic acids is 1. The zero-order valence-corrected chi connectivity index (χ0v) is 14.9. The Morgan fingerprint density at radius 1 is 1.17 bits per heavy atom. The van der Waals surface area contributed by atoms with E-state index in [1.807, 2.05) is 34.5 Å². The number of methoxy groups -OCH3 is 3. The Bertz CT molecular complexity index is 685. The molecule has 6 heteroatoms. The summed E-state index contributed by atoms with van der Waals surface area (Å²) in [6.45, 7) is 0.526. The Balaban J connectivity index is 1.89. The standard InChI is InChI=1S/C18H21NO4S/c1-21-14-9-12(10-15(22-2)17(14)23-3)11-19(13-6-7-13)18(20)16-5-4-8-24-16/h4-5,8-10,13H,6-7,11H2,1-3H3. The first-order valence-corrected chi connectivity index (χ1v) is 8.69. The van der Waals surface area contributed by atoms with Crippen molar-refractivity contribution in [2.24, 2.45) is 0 Å². The van der Waals surface area contributed by atoms with Crippen LogP contribution in [0.1, 0.15) is 28.1 Å². The van der Waals surface area contributed by atoms with Crippen molar-refractivity contribution in [1.82, 2.24) is 4.90 Å². The highest BCUT2D eigenvalue weighted by Gasteiger charge is 2.33. The smallest absolute Gasteiger partial charge is 0.264 e. The summed E-state index contributed by atoms with van der Waals surface area (Å²) in [6.07, 6.45) is 2.11. The third-order valence-corrected chi connectivity index (χ3v) is 4.92. The summed E-state index contributed by atoms with van der Waals surface area (Å²) in [5, 5.41) is 1.93. The van der Waals surface area contributed by atoms with Gasteiger partial charge in [0.2, 0.25) is 5.75 Å². The monoisotopic (exact) mass is 347 g/mol. The van der Waals surface area contributed by atoms with Crippen molar-refractivity contribution < 1.29 is 19.0 Å². The van der Waals surface area contributed by atoms with Gasteiger partial charge in [-0.1, -0.05) is 6.07 Å². The Labute approximate surface area is 145 Å². The molecular formula is C18H21NO4S. The highest BCUT2D eigenvalue weighted by atomic mass is 32.1. The van der Waals surface area contributed by atoms with Crippen molar-refractivity contribution in [3.8, 4) is 17.2 Å². The molecule has 1 fully saturated rings. The Morgan fingerprint density at radius 2 is 1.83 bits per heavy atom. The topological polar surface area (TPSA) is 48.0 Å². The SMILES string of the molecule is COc1cc(CN(C(=O)c2cccs2)C2CC2)cc(OC)c1OC. The molecule has 0 radical (unpaired) electrons. The maximum atomic E-state index is 12.8. The van der Waals surface area contributed by atoms with Gasteiger partial charge in [0.15, 0.2) is 11.5 Å². The van der Waals surface area contributed by atoms with Crippen LogP contribution in [-0.2, 0) is 6.54 Å². The van der Waals surface area contributed by atoms with E-state index in [1.54, 1.807) is 21.3 Å². The van der Waals surface area contributed by atoms with E-state index < -0.39 is 0 Å². The van der Waals surface area contributed by atoms with Crippen molar-refractivity contribution in [3.63, 3.8) is 0 Å². The molecule has 1 saturated carbocycles. The van der Waals surface area contributed by atoms with E-state index in [1.165, 1.54) is 11.3 Å². The third-order valence-electron chi connectivity index (χ3n) is 4.06. The number of hydrogen-bond donors (Lipinski definition) is 0. The maximum absolute atomic E-state index is 12.8. The molecule has 0 aliphatic heterocycles. The van der Waals surface area contributed by atoms with E-state index in [-0.39, 0.29) is 5.91 Å². The van der Waals surface area contributed by atoms with Gasteiger partial charge in [-0.2, -0.15) is 0 Å². The van der Waals surface area contributed by atoms with Crippen molar-refractivity contribution >= 4 is 17.2 Å². The highest BCUT2D eigenvalue weighted by Crippen LogP contribution is 2.39. The molecule has 2 aromatic rings. The fourth-order valence-corrected chi connectivity index (χ4v) is 3.40. The van der Waals surface area contributed by atoms with E-state index in [4.69, 9.17) is 14.2 Å². The van der Waals surface area contributed by atoms with Crippen LogP contribution in [-0.4, -0.2) is 38.2 Å². The van der Waals surface area contributed by atoms with E-state index in [0.717, 1.165) is 23.3 Å². The van der Waals surface area contributed by atoms with Gasteiger partial charge >= 0.3 is 0 Å². The normalized spacial score (nSPS) is 13.5. The molecular weight excluding hydrogens is 326 g/mol. The van der Waals surface area contributed by atoms with Crippen molar-refractivity contribution in [3.05, 3.63) is 40.1 Å². The molecule has 1 heterocycles. The molecule has 1 aliphatic rings. The Hall–Kier alpha value is -2.21. The summed E-state index contributed by atoms with van der Waals surface area (Å²) < 4.78 is 16.2. The molecule has 1 amide bonds. The molecule has 1 aromatic carbocycles. The second kappa shape index (κ2) is 7.13. The van der Waals surface area contributed by atoms with Crippen LogP contribution < -0.4 is 14.2 Å². The minimum Gasteiger partial charge on any atom is -0.493 e. The van der Waals surface area contributed by atoms with Gasteiger partial charge in [-0.05, 0) is 42.0 Å². The summed E-state index contributed by atoms with van der Waals surface area (Å²) in [6, 6.07) is 7.90. The van der Waals surface area contributed by atoms with Crippen LogP contribution in [0.15, 0.2) is 29.6 Å². The fourth-order valence-electron chi connectivity index (χ4n) is 2.72. The zero-order valence-electron chi connectivity index (χ0n) is 14.1. The van der Waals surface area contributed by atoms with E-state index in [0.29, 0.717) is 29.8 Å². The number of rotatable bonds is 7. The zero-order chi connectivity index (χ0) is 17.1. The van der Waals surface area contributed by atoms with Crippen molar-refractivity contribution in [2.45, 2.75) is 25.4 Å². The molecule has 0 atom stereocenters. The quantitative estimate of drug-likeness (QED) is 0.768. The van der Waals surface area contributed by atoms with Crippen LogP contribution in [0.25, 0.3) is 0 Å². The largest absolute Gasteiger partial charge is 0.493 e. The molecule has 0 unspecified atom stereocenters. The van der Waals surface area contributed by atoms with Crippen LogP contribution in [0.4, 0.5) is 0 Å². The number of hydrogen-bond acceptors (Lipinski definition) is 5. The molecule has 1 aromatic heterocycles. The predicted molar refractivity (Wildman–Crippen MR) is 93.3 cm³/mol. The second-order valence-corrected chi connectivity index (χ2v) is 6.62. The van der Waals surface area contributed by atoms with Gasteiger partial charge in [0.1, 0.15) is 0 Å². The van der Waals surface area contributed by atoms with E-state index >= 15 is 0 Å². The molecule has 0 saturated heterocycles. The fraction of sp³-hybridized carbons (Fsp3) is 0.389. The van der Waals surface area contributed by atoms with Crippen LogP contribution in [0.3, 0.4) is 0 Å². The number of amides is 1. The van der Waals surface area contributed by atoms with Gasteiger partial charge in [0.25, 0.3) is 5.91 Å². The van der Waals surface area contributed by atoms with Crippen molar-refractivity contribution in [1.29, 1.82) is 0 Å². The van der Waals surface area contributed by atoms with Gasteiger partial charge < -0.3 is 19.1 Å². The molecule has 1 aliphatic carbocycles. The van der Waals surface area contributed by atoms with Crippen LogP contribution >= 0.6 is 11.3 Å². The molecule has 24 heavy (non-hydrogen) atoms. The first kappa shape index (κ1) is 16.6. The first-order valence-electron chi connectivity index (χ1n) is 7.81. The lowest BCUT2D eigenvalue weighted by molar-refractivity contribution is 0.0734.